The number of carbonyl (C=O) groups excluding carboxylic acids is 2. The number of amides is 3. The highest BCUT2D eigenvalue weighted by atomic mass is 79.9. The second kappa shape index (κ2) is 7.07. The van der Waals surface area contributed by atoms with Gasteiger partial charge in [-0.2, -0.15) is 5.10 Å². The molecule has 2 aromatic rings. The molecule has 0 atom stereocenters. The minimum absolute atomic E-state index is 0.109. The summed E-state index contributed by atoms with van der Waals surface area (Å²) in [6, 6.07) is 7.52. The van der Waals surface area contributed by atoms with Gasteiger partial charge in [-0.1, -0.05) is 15.9 Å². The highest BCUT2D eigenvalue weighted by Gasteiger charge is 2.39. The van der Waals surface area contributed by atoms with Crippen molar-refractivity contribution in [2.24, 2.45) is 10.5 Å². The van der Waals surface area contributed by atoms with Crippen molar-refractivity contribution in [2.75, 3.05) is 10.6 Å². The molecule has 0 aliphatic carbocycles. The second-order valence-electron chi connectivity index (χ2n) is 6.46. The number of hydrogen-bond donors (Lipinski definition) is 3. The highest BCUT2D eigenvalue weighted by molar-refractivity contribution is 9.10. The van der Waals surface area contributed by atoms with Gasteiger partial charge in [0.1, 0.15) is 0 Å². The molecular formula is C18H15BrF2N4O2. The first-order chi connectivity index (χ1) is 12.7. The molecule has 3 N–H and O–H groups in total. The van der Waals surface area contributed by atoms with Gasteiger partial charge >= 0.3 is 6.03 Å². The molecule has 0 bridgehead atoms. The molecule has 0 aromatic heterocycles. The molecule has 1 aliphatic heterocycles. The Morgan fingerprint density at radius 3 is 2.41 bits per heavy atom. The fraction of sp³-hybridized carbons (Fsp3) is 0.167. The van der Waals surface area contributed by atoms with Crippen molar-refractivity contribution in [1.29, 1.82) is 0 Å². The van der Waals surface area contributed by atoms with E-state index in [9.17, 15) is 18.4 Å². The summed E-state index contributed by atoms with van der Waals surface area (Å²) in [6.07, 6.45) is 0. The van der Waals surface area contributed by atoms with Crippen molar-refractivity contribution >= 4 is 45.0 Å². The van der Waals surface area contributed by atoms with Gasteiger partial charge in [0.05, 0.1) is 11.1 Å². The molecule has 0 spiro atoms. The molecule has 3 amide bonds. The fourth-order valence-corrected chi connectivity index (χ4v) is 3.08. The first kappa shape index (κ1) is 19.0. The summed E-state index contributed by atoms with van der Waals surface area (Å²) in [5.41, 5.74) is 3.36. The number of nitrogens with zero attached hydrogens (tertiary/aromatic N) is 1. The van der Waals surface area contributed by atoms with Crippen LogP contribution in [0.4, 0.5) is 25.0 Å². The van der Waals surface area contributed by atoms with Crippen LogP contribution in [0.2, 0.25) is 0 Å². The van der Waals surface area contributed by atoms with Gasteiger partial charge in [-0.15, -0.1) is 0 Å². The average molecular weight is 437 g/mol. The third kappa shape index (κ3) is 3.97. The van der Waals surface area contributed by atoms with Gasteiger partial charge in [-0.3, -0.25) is 4.79 Å². The Hall–Kier alpha value is -2.81. The molecule has 2 aromatic carbocycles. The lowest BCUT2D eigenvalue weighted by molar-refractivity contribution is -0.125. The first-order valence-electron chi connectivity index (χ1n) is 7.89. The normalized spacial score (nSPS) is 15.1. The van der Waals surface area contributed by atoms with Crippen molar-refractivity contribution in [3.05, 3.63) is 58.1 Å². The summed E-state index contributed by atoms with van der Waals surface area (Å²) in [5, 5.41) is 9.11. The summed E-state index contributed by atoms with van der Waals surface area (Å²) in [7, 11) is 0. The van der Waals surface area contributed by atoms with Crippen LogP contribution in [0, 0.1) is 17.0 Å². The zero-order valence-corrected chi connectivity index (χ0v) is 15.9. The van der Waals surface area contributed by atoms with Crippen molar-refractivity contribution in [3.63, 3.8) is 0 Å². The molecule has 0 saturated heterocycles. The van der Waals surface area contributed by atoms with E-state index < -0.39 is 23.1 Å². The van der Waals surface area contributed by atoms with Crippen LogP contribution >= 0.6 is 15.9 Å². The molecule has 1 heterocycles. The number of benzene rings is 2. The summed E-state index contributed by atoms with van der Waals surface area (Å²) >= 11 is 3.36. The highest BCUT2D eigenvalue weighted by Crippen LogP contribution is 2.30. The van der Waals surface area contributed by atoms with Crippen LogP contribution in [0.25, 0.3) is 0 Å². The number of hydrogen-bond acceptors (Lipinski definition) is 3. The number of nitrogens with one attached hydrogen (secondary N) is 3. The van der Waals surface area contributed by atoms with Gasteiger partial charge < -0.3 is 10.6 Å². The van der Waals surface area contributed by atoms with Crippen molar-refractivity contribution in [3.8, 4) is 0 Å². The molecule has 3 rings (SSSR count). The monoisotopic (exact) mass is 436 g/mol. The molecule has 140 valence electrons. The van der Waals surface area contributed by atoms with Gasteiger partial charge in [-0.05, 0) is 44.2 Å². The Kier molecular flexibility index (Phi) is 4.97. The van der Waals surface area contributed by atoms with Crippen LogP contribution < -0.4 is 16.1 Å². The van der Waals surface area contributed by atoms with Crippen LogP contribution in [0.1, 0.15) is 19.4 Å². The molecule has 0 saturated carbocycles. The molecule has 1 aliphatic rings. The van der Waals surface area contributed by atoms with Crippen molar-refractivity contribution in [1.82, 2.24) is 5.43 Å². The van der Waals surface area contributed by atoms with E-state index in [2.05, 4.69) is 37.1 Å². The maximum Gasteiger partial charge on any atom is 0.323 e. The summed E-state index contributed by atoms with van der Waals surface area (Å²) in [5.74, 6) is -2.28. The zero-order chi connectivity index (χ0) is 19.8. The lowest BCUT2D eigenvalue weighted by Crippen LogP contribution is -2.32. The number of carbonyl (C=O) groups is 2. The van der Waals surface area contributed by atoms with Crippen LogP contribution in [0.5, 0.6) is 0 Å². The third-order valence-electron chi connectivity index (χ3n) is 4.04. The molecule has 6 nitrogen and oxygen atoms in total. The molecule has 27 heavy (non-hydrogen) atoms. The number of urea groups is 1. The number of rotatable bonds is 3. The first-order valence-corrected chi connectivity index (χ1v) is 8.69. The Morgan fingerprint density at radius 2 is 1.78 bits per heavy atom. The smallest absolute Gasteiger partial charge is 0.308 e. The van der Waals surface area contributed by atoms with Gasteiger partial charge in [0, 0.05) is 27.5 Å². The van der Waals surface area contributed by atoms with E-state index in [0.717, 1.165) is 12.1 Å². The molecule has 9 heteroatoms. The lowest BCUT2D eigenvalue weighted by Gasteiger charge is -2.18. The van der Waals surface area contributed by atoms with Gasteiger partial charge in [0.15, 0.2) is 11.6 Å². The van der Waals surface area contributed by atoms with E-state index in [1.165, 1.54) is 6.07 Å². The predicted molar refractivity (Wildman–Crippen MR) is 102 cm³/mol. The lowest BCUT2D eigenvalue weighted by atomic mass is 9.84. The van der Waals surface area contributed by atoms with Gasteiger partial charge in [0.2, 0.25) is 0 Å². The van der Waals surface area contributed by atoms with E-state index in [1.54, 1.807) is 32.0 Å². The fourth-order valence-electron chi connectivity index (χ4n) is 2.58. The standard InChI is InChI=1S/C18H15BrF2N4O2/c1-18(2)15(24-25-16(18)26)9-5-10(19)7-12(6-9)23-17(27)22-11-3-4-13(20)14(21)8-11/h3-8H,1-2H3,(H,25,26)(H2,22,23,27). The van der Waals surface area contributed by atoms with Crippen LogP contribution in [0.15, 0.2) is 46.0 Å². The topological polar surface area (TPSA) is 82.6 Å². The molecule has 0 radical (unpaired) electrons. The minimum atomic E-state index is -1.06. The van der Waals surface area contributed by atoms with E-state index >= 15 is 0 Å². The Balaban J connectivity index is 1.79. The summed E-state index contributed by atoms with van der Waals surface area (Å²) < 4.78 is 26.9. The Bertz CT molecular complexity index is 976. The van der Waals surface area contributed by atoms with Gasteiger partial charge in [0.25, 0.3) is 5.91 Å². The summed E-state index contributed by atoms with van der Waals surface area (Å²) in [6.45, 7) is 3.50. The largest absolute Gasteiger partial charge is 0.323 e. The number of halogens is 3. The molecule has 0 unspecified atom stereocenters. The average Bonchev–Trinajstić information content (AvgIpc) is 2.84. The number of hydrazone groups is 1. The van der Waals surface area contributed by atoms with Crippen LogP contribution in [0.3, 0.4) is 0 Å². The van der Waals surface area contributed by atoms with Gasteiger partial charge in [-0.25, -0.2) is 19.0 Å². The number of anilines is 2. The Morgan fingerprint density at radius 1 is 1.07 bits per heavy atom. The van der Waals surface area contributed by atoms with Crippen LogP contribution in [-0.2, 0) is 4.79 Å². The maximum atomic E-state index is 13.2. The van der Waals surface area contributed by atoms with E-state index in [1.807, 2.05) is 0 Å². The van der Waals surface area contributed by atoms with Crippen molar-refractivity contribution < 1.29 is 18.4 Å². The predicted octanol–water partition coefficient (Wildman–Crippen LogP) is 4.23. The SMILES string of the molecule is CC1(C)C(=O)NN=C1c1cc(Br)cc(NC(=O)Nc2ccc(F)c(F)c2)c1. The zero-order valence-electron chi connectivity index (χ0n) is 14.4. The Labute approximate surface area is 162 Å². The summed E-state index contributed by atoms with van der Waals surface area (Å²) in [4.78, 5) is 24.1. The second-order valence-corrected chi connectivity index (χ2v) is 7.38. The minimum Gasteiger partial charge on any atom is -0.308 e. The van der Waals surface area contributed by atoms with E-state index in [4.69, 9.17) is 0 Å². The third-order valence-corrected chi connectivity index (χ3v) is 4.49. The van der Waals surface area contributed by atoms with E-state index in [0.29, 0.717) is 21.4 Å². The van der Waals surface area contributed by atoms with Crippen LogP contribution in [-0.4, -0.2) is 17.6 Å². The van der Waals surface area contributed by atoms with E-state index in [-0.39, 0.29) is 11.6 Å². The quantitative estimate of drug-likeness (QED) is 0.672. The molecular weight excluding hydrogens is 422 g/mol. The maximum absolute atomic E-state index is 13.2. The van der Waals surface area contributed by atoms with Crippen molar-refractivity contribution in [2.45, 2.75) is 13.8 Å². The molecule has 0 fully saturated rings.